The van der Waals surface area contributed by atoms with Crippen LogP contribution in [-0.2, 0) is 11.3 Å². The number of carbonyl (C=O) groups is 1. The zero-order chi connectivity index (χ0) is 18.7. The third kappa shape index (κ3) is 4.20. The summed E-state index contributed by atoms with van der Waals surface area (Å²) in [7, 11) is 0. The first-order chi connectivity index (χ1) is 12.5. The van der Waals surface area contributed by atoms with Crippen LogP contribution in [0.1, 0.15) is 50.4 Å². The van der Waals surface area contributed by atoms with Crippen LogP contribution in [0.25, 0.3) is 0 Å². The Morgan fingerprint density at radius 1 is 1.27 bits per heavy atom. The molecule has 0 aliphatic heterocycles. The van der Waals surface area contributed by atoms with Crippen LogP contribution in [0.2, 0.25) is 0 Å². The van der Waals surface area contributed by atoms with Gasteiger partial charge < -0.3 is 10.2 Å². The number of aromatic nitrogens is 2. The summed E-state index contributed by atoms with van der Waals surface area (Å²) in [6.45, 7) is 5.76. The molecule has 0 radical (unpaired) electrons. The Hall–Kier alpha value is -2.44. The van der Waals surface area contributed by atoms with E-state index >= 15 is 0 Å². The van der Waals surface area contributed by atoms with Crippen molar-refractivity contribution in [3.8, 4) is 0 Å². The summed E-state index contributed by atoms with van der Waals surface area (Å²) in [5.74, 6) is -0.0997. The maximum Gasteiger partial charge on any atom is 0.280 e. The van der Waals surface area contributed by atoms with E-state index < -0.39 is 6.43 Å². The fraction of sp³-hybridized carbons (Fsp3) is 0.474. The van der Waals surface area contributed by atoms with Crippen LogP contribution in [0.5, 0.6) is 0 Å². The summed E-state index contributed by atoms with van der Waals surface area (Å²) in [6, 6.07) is 8.93. The second kappa shape index (κ2) is 7.85. The van der Waals surface area contributed by atoms with E-state index in [4.69, 9.17) is 0 Å². The van der Waals surface area contributed by atoms with Gasteiger partial charge >= 0.3 is 0 Å². The molecule has 140 valence electrons. The third-order valence-electron chi connectivity index (χ3n) is 4.62. The molecule has 1 aromatic carbocycles. The highest BCUT2D eigenvalue weighted by Gasteiger charge is 2.29. The minimum Gasteiger partial charge on any atom is -0.372 e. The lowest BCUT2D eigenvalue weighted by Crippen LogP contribution is -2.22. The molecule has 1 aliphatic rings. The van der Waals surface area contributed by atoms with E-state index in [1.807, 2.05) is 24.3 Å². The predicted molar refractivity (Wildman–Crippen MR) is 97.8 cm³/mol. The predicted octanol–water partition coefficient (Wildman–Crippen LogP) is 4.18. The molecule has 1 aliphatic carbocycles. The van der Waals surface area contributed by atoms with E-state index in [2.05, 4.69) is 29.2 Å². The number of alkyl halides is 2. The molecule has 7 heteroatoms. The quantitative estimate of drug-likeness (QED) is 0.766. The molecule has 0 unspecified atom stereocenters. The van der Waals surface area contributed by atoms with Crippen molar-refractivity contribution in [2.45, 2.75) is 45.6 Å². The van der Waals surface area contributed by atoms with Gasteiger partial charge in [-0.25, -0.2) is 8.78 Å². The van der Waals surface area contributed by atoms with E-state index in [9.17, 15) is 13.6 Å². The molecule has 26 heavy (non-hydrogen) atoms. The Morgan fingerprint density at radius 2 is 1.92 bits per heavy atom. The van der Waals surface area contributed by atoms with Gasteiger partial charge in [0.2, 0.25) is 5.91 Å². The van der Waals surface area contributed by atoms with Crippen molar-refractivity contribution in [3.63, 3.8) is 0 Å². The number of halogens is 2. The van der Waals surface area contributed by atoms with Crippen LogP contribution in [0.4, 0.5) is 20.2 Å². The molecule has 0 atom stereocenters. The van der Waals surface area contributed by atoms with E-state index in [0.29, 0.717) is 11.4 Å². The number of hydrogen-bond donors (Lipinski definition) is 1. The molecule has 3 rings (SSSR count). The van der Waals surface area contributed by atoms with Crippen molar-refractivity contribution < 1.29 is 13.6 Å². The average Bonchev–Trinajstić information content (AvgIpc) is 3.38. The van der Waals surface area contributed by atoms with Gasteiger partial charge in [-0.15, -0.1) is 0 Å². The molecule has 1 aromatic heterocycles. The van der Waals surface area contributed by atoms with Gasteiger partial charge in [-0.1, -0.05) is 0 Å². The lowest BCUT2D eigenvalue weighted by Gasteiger charge is -2.21. The molecule has 1 N–H and O–H groups in total. The monoisotopic (exact) mass is 362 g/mol. The van der Waals surface area contributed by atoms with Crippen LogP contribution >= 0.6 is 0 Å². The smallest absolute Gasteiger partial charge is 0.280 e. The van der Waals surface area contributed by atoms with Crippen LogP contribution in [-0.4, -0.2) is 28.8 Å². The number of carbonyl (C=O) groups excluding carboxylic acids is 1. The molecule has 0 spiro atoms. The van der Waals surface area contributed by atoms with E-state index in [1.54, 1.807) is 0 Å². The van der Waals surface area contributed by atoms with E-state index in [1.165, 1.54) is 6.07 Å². The number of hydrogen-bond acceptors (Lipinski definition) is 3. The molecular formula is C19H24F2N4O. The first-order valence-corrected chi connectivity index (χ1v) is 9.02. The molecule has 1 fully saturated rings. The lowest BCUT2D eigenvalue weighted by molar-refractivity contribution is -0.117. The van der Waals surface area contributed by atoms with Gasteiger partial charge in [0, 0.05) is 30.4 Å². The Kier molecular flexibility index (Phi) is 5.54. The van der Waals surface area contributed by atoms with Crippen LogP contribution in [0.15, 0.2) is 30.3 Å². The minimum atomic E-state index is -2.64. The van der Waals surface area contributed by atoms with Gasteiger partial charge in [-0.2, -0.15) is 5.10 Å². The second-order valence-corrected chi connectivity index (χ2v) is 6.49. The summed E-state index contributed by atoms with van der Waals surface area (Å²) in [4.78, 5) is 14.5. The number of nitrogens with zero attached hydrogens (tertiary/aromatic N) is 3. The summed E-state index contributed by atoms with van der Waals surface area (Å²) in [5, 5.41) is 6.95. The first-order valence-electron chi connectivity index (χ1n) is 9.02. The normalized spacial score (nSPS) is 13.9. The average molecular weight is 362 g/mol. The molecule has 0 saturated heterocycles. The van der Waals surface area contributed by atoms with Crippen LogP contribution < -0.4 is 10.2 Å². The SMILES string of the molecule is CCN(CC)c1ccc(NC(=O)Cn2nc(C3CC3)cc2C(F)F)cc1. The minimum absolute atomic E-state index is 0.195. The maximum absolute atomic E-state index is 13.2. The maximum atomic E-state index is 13.2. The highest BCUT2D eigenvalue weighted by molar-refractivity contribution is 5.90. The Bertz CT molecular complexity index is 749. The lowest BCUT2D eigenvalue weighted by atomic mass is 10.2. The number of benzene rings is 1. The highest BCUT2D eigenvalue weighted by atomic mass is 19.3. The number of anilines is 2. The van der Waals surface area contributed by atoms with Crippen molar-refractivity contribution in [1.82, 2.24) is 9.78 Å². The van der Waals surface area contributed by atoms with Gasteiger partial charge in [0.25, 0.3) is 6.43 Å². The van der Waals surface area contributed by atoms with Gasteiger partial charge in [-0.05, 0) is 57.0 Å². The Balaban J connectivity index is 1.65. The topological polar surface area (TPSA) is 50.2 Å². The number of nitrogens with one attached hydrogen (secondary N) is 1. The van der Waals surface area contributed by atoms with Crippen molar-refractivity contribution >= 4 is 17.3 Å². The number of amides is 1. The zero-order valence-corrected chi connectivity index (χ0v) is 15.1. The highest BCUT2D eigenvalue weighted by Crippen LogP contribution is 2.40. The summed E-state index contributed by atoms with van der Waals surface area (Å²) in [6.07, 6.45) is -0.689. The molecule has 2 aromatic rings. The second-order valence-electron chi connectivity index (χ2n) is 6.49. The summed E-state index contributed by atoms with van der Waals surface area (Å²) < 4.78 is 27.5. The molecule has 1 amide bonds. The molecule has 5 nitrogen and oxygen atoms in total. The number of rotatable bonds is 8. The van der Waals surface area contributed by atoms with Crippen LogP contribution in [0, 0.1) is 0 Å². The molecular weight excluding hydrogens is 338 g/mol. The molecule has 1 saturated carbocycles. The standard InChI is InChI=1S/C19H24F2N4O/c1-3-24(4-2)15-9-7-14(8-10-15)22-18(26)12-25-17(19(20)21)11-16(23-25)13-5-6-13/h7-11,13,19H,3-6,12H2,1-2H3,(H,22,26). The largest absolute Gasteiger partial charge is 0.372 e. The van der Waals surface area contributed by atoms with Crippen molar-refractivity contribution in [3.05, 3.63) is 41.7 Å². The molecule has 0 bridgehead atoms. The van der Waals surface area contributed by atoms with E-state index in [0.717, 1.165) is 36.3 Å². The van der Waals surface area contributed by atoms with Gasteiger partial charge in [-0.3, -0.25) is 9.48 Å². The fourth-order valence-corrected chi connectivity index (χ4v) is 3.01. The fourth-order valence-electron chi connectivity index (χ4n) is 3.01. The Labute approximate surface area is 152 Å². The van der Waals surface area contributed by atoms with E-state index in [-0.39, 0.29) is 24.1 Å². The Morgan fingerprint density at radius 3 is 2.46 bits per heavy atom. The first kappa shape index (κ1) is 18.4. The van der Waals surface area contributed by atoms with Gasteiger partial charge in [0.05, 0.1) is 5.69 Å². The van der Waals surface area contributed by atoms with Gasteiger partial charge in [0.15, 0.2) is 0 Å². The zero-order valence-electron chi connectivity index (χ0n) is 15.1. The third-order valence-corrected chi connectivity index (χ3v) is 4.62. The van der Waals surface area contributed by atoms with Crippen LogP contribution in [0.3, 0.4) is 0 Å². The summed E-state index contributed by atoms with van der Waals surface area (Å²) in [5.41, 5.74) is 2.18. The van der Waals surface area contributed by atoms with Crippen molar-refractivity contribution in [1.29, 1.82) is 0 Å². The van der Waals surface area contributed by atoms with Crippen molar-refractivity contribution in [2.75, 3.05) is 23.3 Å². The summed E-state index contributed by atoms with van der Waals surface area (Å²) >= 11 is 0. The van der Waals surface area contributed by atoms with Gasteiger partial charge in [0.1, 0.15) is 12.2 Å². The molecule has 1 heterocycles. The van der Waals surface area contributed by atoms with Crippen molar-refractivity contribution in [2.24, 2.45) is 0 Å².